The highest BCUT2D eigenvalue weighted by atomic mass is 19.1. The highest BCUT2D eigenvalue weighted by Gasteiger charge is 2.23. The van der Waals surface area contributed by atoms with Gasteiger partial charge >= 0.3 is 0 Å². The Bertz CT molecular complexity index is 217. The van der Waals surface area contributed by atoms with Crippen molar-refractivity contribution in [3.8, 4) is 0 Å². The van der Waals surface area contributed by atoms with Crippen LogP contribution in [0, 0.1) is 5.92 Å². The first-order valence-corrected chi connectivity index (χ1v) is 5.40. The van der Waals surface area contributed by atoms with Crippen molar-refractivity contribution in [3.05, 3.63) is 0 Å². The lowest BCUT2D eigenvalue weighted by atomic mass is 10.0. The predicted molar refractivity (Wildman–Crippen MR) is 62.2 cm³/mol. The highest BCUT2D eigenvalue weighted by Crippen LogP contribution is 2.10. The molecule has 0 heterocycles. The molecule has 0 aromatic carbocycles. The molecule has 0 bridgehead atoms. The molecule has 0 aromatic rings. The van der Waals surface area contributed by atoms with Gasteiger partial charge < -0.3 is 4.74 Å². The van der Waals surface area contributed by atoms with E-state index in [0.717, 1.165) is 0 Å². The van der Waals surface area contributed by atoms with Gasteiger partial charge in [0.25, 0.3) is 0 Å². The predicted octanol–water partition coefficient (Wildman–Crippen LogP) is 2.57. The van der Waals surface area contributed by atoms with Crippen molar-refractivity contribution < 1.29 is 18.7 Å². The van der Waals surface area contributed by atoms with Gasteiger partial charge in [-0.3, -0.25) is 9.59 Å². The Morgan fingerprint density at radius 1 is 1.31 bits per heavy atom. The third kappa shape index (κ3) is 9.77. The highest BCUT2D eigenvalue weighted by molar-refractivity contribution is 5.85. The Hall–Kier alpha value is -0.770. The molecule has 0 saturated carbocycles. The molecule has 4 heteroatoms. The van der Waals surface area contributed by atoms with Gasteiger partial charge in [-0.2, -0.15) is 0 Å². The molecule has 0 spiro atoms. The second-order valence-corrected chi connectivity index (χ2v) is 4.30. The van der Waals surface area contributed by atoms with Crippen molar-refractivity contribution in [2.75, 3.05) is 13.7 Å². The molecule has 0 aliphatic rings. The van der Waals surface area contributed by atoms with Gasteiger partial charge in [-0.05, 0) is 13.8 Å². The van der Waals surface area contributed by atoms with E-state index in [-0.39, 0.29) is 30.5 Å². The first-order chi connectivity index (χ1) is 7.16. The van der Waals surface area contributed by atoms with E-state index < -0.39 is 5.67 Å². The minimum absolute atomic E-state index is 0.106. The summed E-state index contributed by atoms with van der Waals surface area (Å²) in [7, 11) is 1.53. The maximum atomic E-state index is 12.4. The lowest BCUT2D eigenvalue weighted by Gasteiger charge is -2.09. The van der Waals surface area contributed by atoms with Gasteiger partial charge in [-0.1, -0.05) is 20.8 Å². The van der Waals surface area contributed by atoms with Crippen molar-refractivity contribution in [2.24, 2.45) is 5.92 Å². The van der Waals surface area contributed by atoms with Crippen LogP contribution in [0.2, 0.25) is 0 Å². The van der Waals surface area contributed by atoms with E-state index in [1.165, 1.54) is 21.0 Å². The van der Waals surface area contributed by atoms with Gasteiger partial charge in [-0.15, -0.1) is 0 Å². The summed E-state index contributed by atoms with van der Waals surface area (Å²) >= 11 is 0. The number of hydrogen-bond donors (Lipinski definition) is 0. The maximum Gasteiger partial charge on any atom is 0.169 e. The third-order valence-corrected chi connectivity index (χ3v) is 1.91. The fraction of sp³-hybridized carbons (Fsp3) is 0.833. The van der Waals surface area contributed by atoms with Crippen LogP contribution < -0.4 is 0 Å². The van der Waals surface area contributed by atoms with Crippen LogP contribution in [-0.4, -0.2) is 31.0 Å². The Kier molecular flexibility index (Phi) is 9.24. The molecule has 16 heavy (non-hydrogen) atoms. The van der Waals surface area contributed by atoms with Gasteiger partial charge in [0.2, 0.25) is 0 Å². The number of carbonyl (C=O) groups is 2. The molecule has 96 valence electrons. The fourth-order valence-corrected chi connectivity index (χ4v) is 0.729. The summed E-state index contributed by atoms with van der Waals surface area (Å²) in [5, 5.41) is 0. The maximum absolute atomic E-state index is 12.4. The zero-order valence-corrected chi connectivity index (χ0v) is 11.1. The molecule has 0 aromatic heterocycles. The van der Waals surface area contributed by atoms with E-state index in [0.29, 0.717) is 0 Å². The summed E-state index contributed by atoms with van der Waals surface area (Å²) in [6, 6.07) is 0. The van der Waals surface area contributed by atoms with E-state index in [4.69, 9.17) is 0 Å². The number of ether oxygens (including phenoxy) is 1. The summed E-state index contributed by atoms with van der Waals surface area (Å²) in [6.07, 6.45) is 0.281. The van der Waals surface area contributed by atoms with E-state index in [9.17, 15) is 14.0 Å². The zero-order chi connectivity index (χ0) is 13.4. The average Bonchev–Trinajstić information content (AvgIpc) is 2.16. The lowest BCUT2D eigenvalue weighted by molar-refractivity contribution is -0.128. The molecule has 0 atom stereocenters. The van der Waals surface area contributed by atoms with Crippen molar-refractivity contribution in [3.63, 3.8) is 0 Å². The number of methoxy groups -OCH3 is 1. The van der Waals surface area contributed by atoms with Crippen molar-refractivity contribution in [1.82, 2.24) is 0 Å². The first kappa shape index (κ1) is 17.6. The summed E-state index contributed by atoms with van der Waals surface area (Å²) in [6.45, 7) is 8.18. The Balaban J connectivity index is 0. The van der Waals surface area contributed by atoms with Crippen molar-refractivity contribution >= 4 is 11.6 Å². The van der Waals surface area contributed by atoms with E-state index in [1.807, 2.05) is 13.8 Å². The number of halogens is 1. The zero-order valence-electron chi connectivity index (χ0n) is 11.1. The molecular formula is C12H23FO3. The molecule has 0 N–H and O–H groups in total. The topological polar surface area (TPSA) is 43.4 Å². The Morgan fingerprint density at radius 3 is 1.81 bits per heavy atom. The molecule has 0 fully saturated rings. The first-order valence-electron chi connectivity index (χ1n) is 5.40. The number of Topliss-reactive ketones (excluding diaryl/α,β-unsaturated/α-hetero) is 2. The standard InChI is InChI=1S/C6H11FO.C6H12O2/c1-4-5(8)6(2,3)7;1-5(2)6(7)4-8-3/h4H2,1-3H3;5H,4H2,1-3H3. The summed E-state index contributed by atoms with van der Waals surface area (Å²) in [5.74, 6) is -0.0695. The SMILES string of the molecule is CCC(=O)C(C)(C)F.COCC(=O)C(C)C. The number of ketones is 2. The number of hydrogen-bond acceptors (Lipinski definition) is 3. The van der Waals surface area contributed by atoms with Crippen LogP contribution in [-0.2, 0) is 14.3 Å². The van der Waals surface area contributed by atoms with Gasteiger partial charge in [0.05, 0.1) is 0 Å². The van der Waals surface area contributed by atoms with Gasteiger partial charge in [0.1, 0.15) is 6.61 Å². The van der Waals surface area contributed by atoms with Crippen molar-refractivity contribution in [1.29, 1.82) is 0 Å². The van der Waals surface area contributed by atoms with E-state index in [2.05, 4.69) is 4.74 Å². The van der Waals surface area contributed by atoms with Crippen LogP contribution in [0.3, 0.4) is 0 Å². The second kappa shape index (κ2) is 8.39. The lowest BCUT2D eigenvalue weighted by Crippen LogP contribution is -2.24. The van der Waals surface area contributed by atoms with Gasteiger partial charge in [0.15, 0.2) is 17.2 Å². The molecule has 0 saturated heterocycles. The summed E-state index contributed by atoms with van der Waals surface area (Å²) < 4.78 is 17.0. The third-order valence-electron chi connectivity index (χ3n) is 1.91. The summed E-state index contributed by atoms with van der Waals surface area (Å²) in [5.41, 5.74) is -1.63. The number of carbonyl (C=O) groups excluding carboxylic acids is 2. The monoisotopic (exact) mass is 234 g/mol. The van der Waals surface area contributed by atoms with Crippen molar-refractivity contribution in [2.45, 2.75) is 46.7 Å². The molecule has 0 radical (unpaired) electrons. The molecule has 0 aliphatic carbocycles. The van der Waals surface area contributed by atoms with Crippen LogP contribution in [0.25, 0.3) is 0 Å². The second-order valence-electron chi connectivity index (χ2n) is 4.30. The van der Waals surface area contributed by atoms with E-state index >= 15 is 0 Å². The smallest absolute Gasteiger partial charge is 0.169 e. The van der Waals surface area contributed by atoms with Crippen LogP contribution >= 0.6 is 0 Å². The molecule has 0 unspecified atom stereocenters. The number of alkyl halides is 1. The molecule has 0 rings (SSSR count). The van der Waals surface area contributed by atoms with Crippen LogP contribution in [0.5, 0.6) is 0 Å². The quantitative estimate of drug-likeness (QED) is 0.734. The minimum atomic E-state index is -1.63. The van der Waals surface area contributed by atoms with Crippen LogP contribution in [0.15, 0.2) is 0 Å². The Morgan fingerprint density at radius 2 is 1.75 bits per heavy atom. The van der Waals surface area contributed by atoms with Crippen LogP contribution in [0.1, 0.15) is 41.0 Å². The fourth-order valence-electron chi connectivity index (χ4n) is 0.729. The normalized spacial score (nSPS) is 10.8. The average molecular weight is 234 g/mol. The molecular weight excluding hydrogens is 211 g/mol. The van der Waals surface area contributed by atoms with Gasteiger partial charge in [-0.25, -0.2) is 4.39 Å². The minimum Gasteiger partial charge on any atom is -0.377 e. The number of rotatable bonds is 5. The largest absolute Gasteiger partial charge is 0.377 e. The van der Waals surface area contributed by atoms with Gasteiger partial charge in [0, 0.05) is 19.4 Å². The molecule has 0 amide bonds. The Labute approximate surface area is 97.4 Å². The van der Waals surface area contributed by atoms with E-state index in [1.54, 1.807) is 6.92 Å². The molecule has 0 aliphatic heterocycles. The van der Waals surface area contributed by atoms with Crippen LogP contribution in [0.4, 0.5) is 4.39 Å². The molecule has 3 nitrogen and oxygen atoms in total. The summed E-state index contributed by atoms with van der Waals surface area (Å²) in [4.78, 5) is 21.1.